The van der Waals surface area contributed by atoms with E-state index < -0.39 is 0 Å². The summed E-state index contributed by atoms with van der Waals surface area (Å²) in [6, 6.07) is 15.4. The van der Waals surface area contributed by atoms with Crippen LogP contribution in [0.3, 0.4) is 0 Å². The molecule has 138 valence electrons. The highest BCUT2D eigenvalue weighted by molar-refractivity contribution is 7.98. The van der Waals surface area contributed by atoms with E-state index in [1.54, 1.807) is 11.8 Å². The van der Waals surface area contributed by atoms with E-state index in [0.29, 0.717) is 0 Å². The number of unbranched alkanes of at least 4 members (excludes halogenated alkanes) is 2. The lowest BCUT2D eigenvalue weighted by Crippen LogP contribution is -2.06. The number of benzene rings is 2. The first-order valence-electron chi connectivity index (χ1n) is 9.38. The van der Waals surface area contributed by atoms with Crippen molar-refractivity contribution in [2.45, 2.75) is 37.5 Å². The van der Waals surface area contributed by atoms with E-state index in [4.69, 9.17) is 0 Å². The number of thioether (sulfide) groups is 1. The zero-order valence-electron chi connectivity index (χ0n) is 16.6. The Hall–Kier alpha value is -1.93. The Labute approximate surface area is 163 Å². The third-order valence-corrected chi connectivity index (χ3v) is 5.24. The molecule has 2 aromatic rings. The van der Waals surface area contributed by atoms with Crippen LogP contribution in [0.1, 0.15) is 48.4 Å². The van der Waals surface area contributed by atoms with Gasteiger partial charge >= 0.3 is 0 Å². The lowest BCUT2D eigenvalue weighted by Gasteiger charge is -2.19. The molecular formula is C24H31NS. The number of hydrogen-bond acceptors (Lipinski definition) is 2. The third kappa shape index (κ3) is 5.28. The van der Waals surface area contributed by atoms with Gasteiger partial charge in [0.15, 0.2) is 0 Å². The predicted molar refractivity (Wildman–Crippen MR) is 119 cm³/mol. The maximum atomic E-state index is 4.02. The van der Waals surface area contributed by atoms with Crippen molar-refractivity contribution in [1.82, 2.24) is 4.90 Å². The normalized spacial score (nSPS) is 11.5. The Morgan fingerprint density at radius 3 is 2.50 bits per heavy atom. The van der Waals surface area contributed by atoms with Crippen LogP contribution < -0.4 is 0 Å². The first-order valence-corrected chi connectivity index (χ1v) is 10.6. The first-order chi connectivity index (χ1) is 12.6. The van der Waals surface area contributed by atoms with Crippen LogP contribution in [0, 0.1) is 0 Å². The fourth-order valence-electron chi connectivity index (χ4n) is 3.18. The van der Waals surface area contributed by atoms with Crippen molar-refractivity contribution >= 4 is 23.4 Å². The summed E-state index contributed by atoms with van der Waals surface area (Å²) in [5.74, 6) is 0. The van der Waals surface area contributed by atoms with E-state index in [2.05, 4.69) is 87.4 Å². The van der Waals surface area contributed by atoms with Crippen LogP contribution in [-0.4, -0.2) is 25.3 Å². The predicted octanol–water partition coefficient (Wildman–Crippen LogP) is 6.74. The lowest BCUT2D eigenvalue weighted by molar-refractivity contribution is 0.565. The van der Waals surface area contributed by atoms with Gasteiger partial charge in [-0.15, -0.1) is 11.8 Å². The molecule has 0 amide bonds. The third-order valence-electron chi connectivity index (χ3n) is 4.52. The van der Waals surface area contributed by atoms with Gasteiger partial charge in [-0.25, -0.2) is 0 Å². The molecule has 0 saturated heterocycles. The number of hydrogen-bond donors (Lipinski definition) is 0. The molecule has 0 aromatic heterocycles. The van der Waals surface area contributed by atoms with Crippen LogP contribution in [0.2, 0.25) is 0 Å². The molecule has 26 heavy (non-hydrogen) atoms. The molecule has 0 fully saturated rings. The number of rotatable bonds is 9. The molecule has 0 spiro atoms. The van der Waals surface area contributed by atoms with Gasteiger partial charge in [-0.1, -0.05) is 62.8 Å². The van der Waals surface area contributed by atoms with Crippen molar-refractivity contribution in [3.8, 4) is 0 Å². The number of aryl methyl sites for hydroxylation is 1. The van der Waals surface area contributed by atoms with Gasteiger partial charge in [-0.2, -0.15) is 0 Å². The van der Waals surface area contributed by atoms with Gasteiger partial charge < -0.3 is 4.90 Å². The fraction of sp³-hybridized carbons (Fsp3) is 0.333. The maximum absolute atomic E-state index is 4.02. The van der Waals surface area contributed by atoms with Crippen molar-refractivity contribution < 1.29 is 0 Å². The van der Waals surface area contributed by atoms with Crippen molar-refractivity contribution in [2.24, 2.45) is 0 Å². The summed E-state index contributed by atoms with van der Waals surface area (Å²) in [5, 5.41) is 0. The minimum Gasteiger partial charge on any atom is -0.383 e. The van der Waals surface area contributed by atoms with Crippen LogP contribution >= 0.6 is 11.8 Å². The second-order valence-corrected chi connectivity index (χ2v) is 7.66. The minimum atomic E-state index is 1.12. The summed E-state index contributed by atoms with van der Waals surface area (Å²) >= 11 is 1.80. The Balaban J connectivity index is 2.62. The molecular weight excluding hydrogens is 334 g/mol. The molecule has 0 aliphatic heterocycles. The van der Waals surface area contributed by atoms with E-state index in [9.17, 15) is 0 Å². The Morgan fingerprint density at radius 1 is 1.08 bits per heavy atom. The van der Waals surface area contributed by atoms with Crippen molar-refractivity contribution in [3.05, 3.63) is 77.5 Å². The van der Waals surface area contributed by atoms with Crippen molar-refractivity contribution in [1.29, 1.82) is 0 Å². The molecule has 0 saturated carbocycles. The van der Waals surface area contributed by atoms with Crippen LogP contribution in [0.15, 0.2) is 60.1 Å². The van der Waals surface area contributed by atoms with Crippen LogP contribution in [0.25, 0.3) is 11.6 Å². The molecule has 2 aromatic carbocycles. The van der Waals surface area contributed by atoms with Crippen LogP contribution in [-0.2, 0) is 6.42 Å². The maximum Gasteiger partial charge on any atom is 0.00755 e. The van der Waals surface area contributed by atoms with Gasteiger partial charge in [-0.3, -0.25) is 0 Å². The van der Waals surface area contributed by atoms with Gasteiger partial charge in [-0.05, 0) is 53.5 Å². The Morgan fingerprint density at radius 2 is 1.85 bits per heavy atom. The monoisotopic (exact) mass is 365 g/mol. The second-order valence-electron chi connectivity index (χ2n) is 6.78. The van der Waals surface area contributed by atoms with Gasteiger partial charge in [0.1, 0.15) is 0 Å². The quantitative estimate of drug-likeness (QED) is 0.358. The highest BCUT2D eigenvalue weighted by Crippen LogP contribution is 2.33. The highest BCUT2D eigenvalue weighted by atomic mass is 32.2. The Bertz CT molecular complexity index is 759. The van der Waals surface area contributed by atoms with Gasteiger partial charge in [0.25, 0.3) is 0 Å². The van der Waals surface area contributed by atoms with E-state index in [1.165, 1.54) is 52.0 Å². The molecule has 1 nitrogen and oxygen atoms in total. The standard InChI is InChI=1S/C24H31NS/c1-6-8-9-13-20-15-16-21(26-5)17-23(20)24(18-25(3)4)22-14-11-10-12-19(22)7-2/h7,10-12,14-18H,2,6,8-9,13H2,1,3-5H3/b24-18+. The molecule has 0 unspecified atom stereocenters. The van der Waals surface area contributed by atoms with Crippen LogP contribution in [0.5, 0.6) is 0 Å². The smallest absolute Gasteiger partial charge is 0.00755 e. The van der Waals surface area contributed by atoms with Crippen LogP contribution in [0.4, 0.5) is 0 Å². The molecule has 2 heteroatoms. The second kappa shape index (κ2) is 10.3. The summed E-state index contributed by atoms with van der Waals surface area (Å²) in [5.41, 5.74) is 6.47. The summed E-state index contributed by atoms with van der Waals surface area (Å²) in [7, 11) is 4.18. The average Bonchev–Trinajstić information content (AvgIpc) is 2.66. The van der Waals surface area contributed by atoms with Crippen molar-refractivity contribution in [3.63, 3.8) is 0 Å². The van der Waals surface area contributed by atoms with E-state index in [-0.39, 0.29) is 0 Å². The largest absolute Gasteiger partial charge is 0.383 e. The summed E-state index contributed by atoms with van der Waals surface area (Å²) in [4.78, 5) is 3.44. The summed E-state index contributed by atoms with van der Waals surface area (Å²) < 4.78 is 0. The SMILES string of the molecule is C=Cc1ccccc1/C(=C\N(C)C)c1cc(SC)ccc1CCCCC. The van der Waals surface area contributed by atoms with Gasteiger partial charge in [0, 0.05) is 30.8 Å². The zero-order valence-corrected chi connectivity index (χ0v) is 17.4. The minimum absolute atomic E-state index is 1.12. The Kier molecular flexibility index (Phi) is 8.06. The summed E-state index contributed by atoms with van der Waals surface area (Å²) in [6.45, 7) is 6.28. The molecule has 0 heterocycles. The molecule has 0 radical (unpaired) electrons. The molecule has 0 N–H and O–H groups in total. The topological polar surface area (TPSA) is 3.24 Å². The first kappa shape index (κ1) is 20.4. The highest BCUT2D eigenvalue weighted by Gasteiger charge is 2.14. The van der Waals surface area contributed by atoms with Gasteiger partial charge in [0.05, 0.1) is 0 Å². The van der Waals surface area contributed by atoms with E-state index in [1.807, 2.05) is 6.08 Å². The van der Waals surface area contributed by atoms with Gasteiger partial charge in [0.2, 0.25) is 0 Å². The summed E-state index contributed by atoms with van der Waals surface area (Å²) in [6.07, 6.45) is 11.2. The molecule has 0 aliphatic carbocycles. The van der Waals surface area contributed by atoms with E-state index >= 15 is 0 Å². The lowest BCUT2D eigenvalue weighted by atomic mass is 9.89. The number of nitrogens with zero attached hydrogens (tertiary/aromatic N) is 1. The average molecular weight is 366 g/mol. The fourth-order valence-corrected chi connectivity index (χ4v) is 3.62. The zero-order chi connectivity index (χ0) is 18.9. The molecule has 2 rings (SSSR count). The molecule has 0 bridgehead atoms. The molecule has 0 aliphatic rings. The van der Waals surface area contributed by atoms with Crippen molar-refractivity contribution in [2.75, 3.05) is 20.4 Å². The van der Waals surface area contributed by atoms with E-state index in [0.717, 1.165) is 6.42 Å². The molecule has 0 atom stereocenters.